The van der Waals surface area contributed by atoms with Crippen LogP contribution < -0.4 is 4.74 Å². The number of rotatable bonds is 9. The molecule has 0 radical (unpaired) electrons. The van der Waals surface area contributed by atoms with Crippen LogP contribution in [0.15, 0.2) is 67.3 Å². The van der Waals surface area contributed by atoms with Gasteiger partial charge in [0.05, 0.1) is 6.33 Å². The lowest BCUT2D eigenvalue weighted by molar-refractivity contribution is 0.125. The van der Waals surface area contributed by atoms with Crippen LogP contribution in [0.2, 0.25) is 0 Å². The number of aromatic nitrogens is 4. The Kier molecular flexibility index (Phi) is 7.12. The van der Waals surface area contributed by atoms with E-state index in [9.17, 15) is 0 Å². The van der Waals surface area contributed by atoms with Gasteiger partial charge in [-0.25, -0.2) is 9.97 Å². The maximum atomic E-state index is 5.94. The van der Waals surface area contributed by atoms with Crippen molar-refractivity contribution >= 4 is 11.2 Å². The van der Waals surface area contributed by atoms with Gasteiger partial charge in [0.2, 0.25) is 5.88 Å². The molecule has 0 amide bonds. The first-order chi connectivity index (χ1) is 16.7. The summed E-state index contributed by atoms with van der Waals surface area (Å²) < 4.78 is 8.05. The van der Waals surface area contributed by atoms with Crippen molar-refractivity contribution in [1.29, 1.82) is 0 Å². The van der Waals surface area contributed by atoms with Crippen molar-refractivity contribution in [3.05, 3.63) is 83.9 Å². The number of fused-ring (bicyclic) bond motifs is 1. The van der Waals surface area contributed by atoms with E-state index in [-0.39, 0.29) is 0 Å². The van der Waals surface area contributed by atoms with Gasteiger partial charge >= 0.3 is 0 Å². The van der Waals surface area contributed by atoms with Crippen LogP contribution in [0.3, 0.4) is 0 Å². The topological polar surface area (TPSA) is 59.3 Å². The fourth-order valence-corrected chi connectivity index (χ4v) is 4.44. The van der Waals surface area contributed by atoms with Crippen molar-refractivity contribution in [3.8, 4) is 5.88 Å². The lowest BCUT2D eigenvalue weighted by Crippen LogP contribution is -2.46. The molecule has 4 aromatic rings. The zero-order valence-corrected chi connectivity index (χ0v) is 19.8. The molecule has 1 fully saturated rings. The fourth-order valence-electron chi connectivity index (χ4n) is 4.44. The molecule has 0 N–H and O–H groups in total. The van der Waals surface area contributed by atoms with Crippen LogP contribution in [-0.4, -0.2) is 62.0 Å². The lowest BCUT2D eigenvalue weighted by Gasteiger charge is -2.34. The second kappa shape index (κ2) is 10.8. The van der Waals surface area contributed by atoms with Crippen molar-refractivity contribution in [2.75, 3.05) is 32.7 Å². The molecule has 7 nitrogen and oxygen atoms in total. The molecule has 1 aliphatic rings. The van der Waals surface area contributed by atoms with E-state index < -0.39 is 0 Å². The van der Waals surface area contributed by atoms with Crippen LogP contribution in [0.25, 0.3) is 11.2 Å². The third-order valence-corrected chi connectivity index (χ3v) is 6.45. The lowest BCUT2D eigenvalue weighted by atomic mass is 10.1. The van der Waals surface area contributed by atoms with E-state index in [1.807, 2.05) is 36.7 Å². The zero-order chi connectivity index (χ0) is 23.2. The standard InChI is InChI=1S/C27H32N6O/c1-22-8-10-23(11-9-22)18-32-16-14-31(15-17-32)12-5-13-33-21-30-25-26(33)28-20-29-27(25)34-19-24-6-3-2-4-7-24/h2-4,6-11,20-21H,5,12-19H2,1H3. The smallest absolute Gasteiger partial charge is 0.245 e. The maximum Gasteiger partial charge on any atom is 0.245 e. The Hall–Kier alpha value is -3.29. The third-order valence-electron chi connectivity index (χ3n) is 6.45. The molecule has 176 valence electrons. The number of ether oxygens (including phenoxy) is 1. The number of hydrogen-bond donors (Lipinski definition) is 0. The number of nitrogens with zero attached hydrogens (tertiary/aromatic N) is 6. The molecule has 2 aromatic carbocycles. The Morgan fingerprint density at radius 3 is 2.35 bits per heavy atom. The van der Waals surface area contributed by atoms with E-state index in [4.69, 9.17) is 4.74 Å². The van der Waals surface area contributed by atoms with E-state index in [0.717, 1.165) is 69.0 Å². The summed E-state index contributed by atoms with van der Waals surface area (Å²) >= 11 is 0. The van der Waals surface area contributed by atoms with Crippen LogP contribution in [0.5, 0.6) is 5.88 Å². The highest BCUT2D eigenvalue weighted by atomic mass is 16.5. The molecule has 7 heteroatoms. The molecule has 0 saturated carbocycles. The van der Waals surface area contributed by atoms with Gasteiger partial charge in [-0.15, -0.1) is 0 Å². The number of piperazine rings is 1. The van der Waals surface area contributed by atoms with E-state index in [1.54, 1.807) is 6.33 Å². The van der Waals surface area contributed by atoms with Crippen LogP contribution in [0.4, 0.5) is 0 Å². The van der Waals surface area contributed by atoms with Crippen molar-refractivity contribution in [2.45, 2.75) is 33.0 Å². The normalized spacial score (nSPS) is 15.1. The Balaban J connectivity index is 1.09. The van der Waals surface area contributed by atoms with Crippen LogP contribution >= 0.6 is 0 Å². The summed E-state index contributed by atoms with van der Waals surface area (Å²) in [7, 11) is 0. The van der Waals surface area contributed by atoms with Gasteiger partial charge in [0.1, 0.15) is 12.9 Å². The average Bonchev–Trinajstić information content (AvgIpc) is 3.29. The van der Waals surface area contributed by atoms with Crippen LogP contribution in [0.1, 0.15) is 23.1 Å². The second-order valence-corrected chi connectivity index (χ2v) is 9.02. The zero-order valence-electron chi connectivity index (χ0n) is 19.8. The van der Waals surface area contributed by atoms with Gasteiger partial charge in [-0.2, -0.15) is 4.98 Å². The molecule has 0 unspecified atom stereocenters. The highest BCUT2D eigenvalue weighted by Gasteiger charge is 2.17. The highest BCUT2D eigenvalue weighted by Crippen LogP contribution is 2.21. The summed E-state index contributed by atoms with van der Waals surface area (Å²) in [6, 6.07) is 19.0. The molecule has 0 bridgehead atoms. The number of hydrogen-bond acceptors (Lipinski definition) is 6. The Bertz CT molecular complexity index is 1180. The minimum atomic E-state index is 0.468. The molecule has 0 atom stereocenters. The Morgan fingerprint density at radius 1 is 0.794 bits per heavy atom. The molecule has 34 heavy (non-hydrogen) atoms. The van der Waals surface area contributed by atoms with Crippen molar-refractivity contribution < 1.29 is 4.74 Å². The molecule has 5 rings (SSSR count). The van der Waals surface area contributed by atoms with Gasteiger partial charge < -0.3 is 14.2 Å². The summed E-state index contributed by atoms with van der Waals surface area (Å²) in [5, 5.41) is 0. The van der Waals surface area contributed by atoms with Crippen molar-refractivity contribution in [1.82, 2.24) is 29.3 Å². The predicted octanol–water partition coefficient (Wildman–Crippen LogP) is 3.92. The van der Waals surface area contributed by atoms with E-state index in [2.05, 4.69) is 60.5 Å². The van der Waals surface area contributed by atoms with Gasteiger partial charge in [-0.05, 0) is 31.0 Å². The van der Waals surface area contributed by atoms with Crippen molar-refractivity contribution in [3.63, 3.8) is 0 Å². The molecule has 2 aromatic heterocycles. The number of imidazole rings is 1. The molecule has 1 aliphatic heterocycles. The van der Waals surface area contributed by atoms with Crippen LogP contribution in [0, 0.1) is 6.92 Å². The quantitative estimate of drug-likeness (QED) is 0.380. The minimum absolute atomic E-state index is 0.468. The van der Waals surface area contributed by atoms with Gasteiger partial charge in [-0.3, -0.25) is 4.90 Å². The van der Waals surface area contributed by atoms with Crippen molar-refractivity contribution in [2.24, 2.45) is 0 Å². The SMILES string of the molecule is Cc1ccc(CN2CCN(CCCn3cnc4c(OCc5ccccc5)ncnc43)CC2)cc1. The van der Waals surface area contributed by atoms with Gasteiger partial charge in [0, 0.05) is 39.3 Å². The first-order valence-corrected chi connectivity index (χ1v) is 12.1. The summed E-state index contributed by atoms with van der Waals surface area (Å²) in [6.07, 6.45) is 4.48. The van der Waals surface area contributed by atoms with Gasteiger partial charge in [0.25, 0.3) is 0 Å². The highest BCUT2D eigenvalue weighted by molar-refractivity contribution is 5.75. The Labute approximate surface area is 201 Å². The number of aryl methyl sites for hydroxylation is 2. The summed E-state index contributed by atoms with van der Waals surface area (Å²) in [6.45, 7) is 10.1. The summed E-state index contributed by atoms with van der Waals surface area (Å²) in [5.41, 5.74) is 5.39. The molecule has 0 aliphatic carbocycles. The summed E-state index contributed by atoms with van der Waals surface area (Å²) in [4.78, 5) is 18.4. The fraction of sp³-hybridized carbons (Fsp3) is 0.370. The van der Waals surface area contributed by atoms with E-state index >= 15 is 0 Å². The van der Waals surface area contributed by atoms with E-state index in [0.29, 0.717) is 12.5 Å². The molecule has 3 heterocycles. The monoisotopic (exact) mass is 456 g/mol. The van der Waals surface area contributed by atoms with Gasteiger partial charge in [0.15, 0.2) is 11.2 Å². The molecular formula is C27H32N6O. The summed E-state index contributed by atoms with van der Waals surface area (Å²) in [5.74, 6) is 0.539. The Morgan fingerprint density at radius 2 is 1.56 bits per heavy atom. The third kappa shape index (κ3) is 5.61. The average molecular weight is 457 g/mol. The van der Waals surface area contributed by atoms with Gasteiger partial charge in [-0.1, -0.05) is 60.2 Å². The van der Waals surface area contributed by atoms with Crippen LogP contribution in [-0.2, 0) is 19.7 Å². The van der Waals surface area contributed by atoms with E-state index in [1.165, 1.54) is 11.1 Å². The largest absolute Gasteiger partial charge is 0.471 e. The molecule has 0 spiro atoms. The molecular weight excluding hydrogens is 424 g/mol. The number of benzene rings is 2. The first-order valence-electron chi connectivity index (χ1n) is 12.1. The first kappa shape index (κ1) is 22.5. The second-order valence-electron chi connectivity index (χ2n) is 9.02. The maximum absolute atomic E-state index is 5.94. The molecule has 1 saturated heterocycles. The minimum Gasteiger partial charge on any atom is -0.471 e. The predicted molar refractivity (Wildman–Crippen MR) is 134 cm³/mol.